The molecule has 2 N–H and O–H groups in total. The number of piperidine rings is 1. The van der Waals surface area contributed by atoms with E-state index in [4.69, 9.17) is 9.47 Å². The van der Waals surface area contributed by atoms with Gasteiger partial charge in [-0.05, 0) is 18.6 Å². The summed E-state index contributed by atoms with van der Waals surface area (Å²) in [6.07, 6.45) is 0.0353. The topological polar surface area (TPSA) is 105 Å². The van der Waals surface area contributed by atoms with Crippen molar-refractivity contribution in [1.82, 2.24) is 10.2 Å². The van der Waals surface area contributed by atoms with Gasteiger partial charge in [0.05, 0.1) is 13.2 Å². The summed E-state index contributed by atoms with van der Waals surface area (Å²) in [5.41, 5.74) is 1.11. The summed E-state index contributed by atoms with van der Waals surface area (Å²) in [5, 5.41) is 11.5. The van der Waals surface area contributed by atoms with Gasteiger partial charge in [0.2, 0.25) is 11.8 Å². The van der Waals surface area contributed by atoms with Crippen LogP contribution in [0.1, 0.15) is 28.8 Å². The fourth-order valence-electron chi connectivity index (χ4n) is 3.31. The molecule has 2 atom stereocenters. The summed E-state index contributed by atoms with van der Waals surface area (Å²) in [6, 6.07) is 2.65. The monoisotopic (exact) mass is 332 g/mol. The Kier molecular flexibility index (Phi) is 3.42. The molecule has 3 heterocycles. The second-order valence-electron chi connectivity index (χ2n) is 6.05. The molecule has 1 saturated heterocycles. The van der Waals surface area contributed by atoms with Crippen LogP contribution in [-0.2, 0) is 16.1 Å². The first kappa shape index (κ1) is 14.9. The highest BCUT2D eigenvalue weighted by atomic mass is 16.6. The molecule has 24 heavy (non-hydrogen) atoms. The van der Waals surface area contributed by atoms with Crippen LogP contribution in [0.2, 0.25) is 0 Å². The summed E-state index contributed by atoms with van der Waals surface area (Å²) in [4.78, 5) is 37.5. The molecular weight excluding hydrogens is 316 g/mol. The van der Waals surface area contributed by atoms with Crippen LogP contribution in [0.5, 0.6) is 11.5 Å². The van der Waals surface area contributed by atoms with Gasteiger partial charge < -0.3 is 19.5 Å². The predicted molar refractivity (Wildman–Crippen MR) is 79.5 cm³/mol. The van der Waals surface area contributed by atoms with Crippen LogP contribution >= 0.6 is 0 Å². The largest absolute Gasteiger partial charge is 0.486 e. The molecule has 8 nitrogen and oxygen atoms in total. The summed E-state index contributed by atoms with van der Waals surface area (Å²) in [5.74, 6) is -0.0682. The van der Waals surface area contributed by atoms with Gasteiger partial charge in [0.15, 0.2) is 17.6 Å². The van der Waals surface area contributed by atoms with Gasteiger partial charge in [0.1, 0.15) is 12.6 Å². The SMILES string of the molecule is O=C1CCC(N2Cc3c(ccc4c3OC(CO)CO4)C2=O)C(=O)N1. The first-order valence-corrected chi connectivity index (χ1v) is 7.79. The van der Waals surface area contributed by atoms with Gasteiger partial charge in [-0.1, -0.05) is 0 Å². The smallest absolute Gasteiger partial charge is 0.255 e. The van der Waals surface area contributed by atoms with Gasteiger partial charge in [0, 0.05) is 17.5 Å². The van der Waals surface area contributed by atoms with Crippen molar-refractivity contribution in [2.24, 2.45) is 0 Å². The van der Waals surface area contributed by atoms with Crippen molar-refractivity contribution in [1.29, 1.82) is 0 Å². The lowest BCUT2D eigenvalue weighted by Crippen LogP contribution is -2.52. The van der Waals surface area contributed by atoms with E-state index >= 15 is 0 Å². The number of carbonyl (C=O) groups excluding carboxylic acids is 3. The van der Waals surface area contributed by atoms with Gasteiger partial charge in [-0.15, -0.1) is 0 Å². The average Bonchev–Trinajstić information content (AvgIpc) is 2.91. The lowest BCUT2D eigenvalue weighted by molar-refractivity contribution is -0.136. The first-order chi connectivity index (χ1) is 11.6. The van der Waals surface area contributed by atoms with Crippen molar-refractivity contribution >= 4 is 17.7 Å². The van der Waals surface area contributed by atoms with Crippen LogP contribution in [-0.4, -0.2) is 53.1 Å². The highest BCUT2D eigenvalue weighted by molar-refractivity contribution is 6.05. The van der Waals surface area contributed by atoms with E-state index in [1.165, 1.54) is 4.90 Å². The van der Waals surface area contributed by atoms with Gasteiger partial charge in [-0.2, -0.15) is 0 Å². The summed E-state index contributed by atoms with van der Waals surface area (Å²) in [6.45, 7) is 0.270. The van der Waals surface area contributed by atoms with Crippen molar-refractivity contribution in [2.75, 3.05) is 13.2 Å². The van der Waals surface area contributed by atoms with E-state index in [-0.39, 0.29) is 38.0 Å². The molecule has 1 aromatic carbocycles. The summed E-state index contributed by atoms with van der Waals surface area (Å²) < 4.78 is 11.3. The number of fused-ring (bicyclic) bond motifs is 3. The molecule has 3 aliphatic heterocycles. The van der Waals surface area contributed by atoms with Crippen molar-refractivity contribution < 1.29 is 29.0 Å². The number of imide groups is 1. The van der Waals surface area contributed by atoms with Gasteiger partial charge in [0.25, 0.3) is 5.91 Å². The number of benzene rings is 1. The summed E-state index contributed by atoms with van der Waals surface area (Å²) in [7, 11) is 0. The second-order valence-corrected chi connectivity index (χ2v) is 6.05. The number of hydrogen-bond donors (Lipinski definition) is 2. The zero-order valence-electron chi connectivity index (χ0n) is 12.8. The van der Waals surface area contributed by atoms with E-state index in [9.17, 15) is 19.5 Å². The zero-order chi connectivity index (χ0) is 16.8. The lowest BCUT2D eigenvalue weighted by Gasteiger charge is -2.29. The third-order valence-electron chi connectivity index (χ3n) is 4.54. The maximum atomic E-state index is 12.7. The van der Waals surface area contributed by atoms with Crippen LogP contribution in [0.15, 0.2) is 12.1 Å². The van der Waals surface area contributed by atoms with E-state index in [1.807, 2.05) is 0 Å². The molecule has 8 heteroatoms. The molecule has 3 aliphatic rings. The van der Waals surface area contributed by atoms with Crippen molar-refractivity contribution in [2.45, 2.75) is 31.5 Å². The van der Waals surface area contributed by atoms with Crippen LogP contribution in [0, 0.1) is 0 Å². The molecular formula is C16H16N2O6. The van der Waals surface area contributed by atoms with Crippen LogP contribution in [0.25, 0.3) is 0 Å². The van der Waals surface area contributed by atoms with E-state index in [1.54, 1.807) is 12.1 Å². The third kappa shape index (κ3) is 2.22. The maximum absolute atomic E-state index is 12.7. The zero-order valence-corrected chi connectivity index (χ0v) is 12.8. The van der Waals surface area contributed by atoms with E-state index in [0.717, 1.165) is 0 Å². The van der Waals surface area contributed by atoms with Gasteiger partial charge in [-0.25, -0.2) is 0 Å². The minimum atomic E-state index is -0.670. The number of aliphatic hydroxyl groups excluding tert-OH is 1. The van der Waals surface area contributed by atoms with Gasteiger partial charge in [-0.3, -0.25) is 19.7 Å². The second kappa shape index (κ2) is 5.48. The maximum Gasteiger partial charge on any atom is 0.255 e. The van der Waals surface area contributed by atoms with E-state index in [0.29, 0.717) is 29.0 Å². The number of rotatable bonds is 2. The number of nitrogens with one attached hydrogen (secondary N) is 1. The number of nitrogens with zero attached hydrogens (tertiary/aromatic N) is 1. The fraction of sp³-hybridized carbons (Fsp3) is 0.438. The standard InChI is InChI=1S/C16H16N2O6/c19-6-8-7-23-12-3-1-9-10(14(12)24-8)5-18(16(9)22)11-2-4-13(20)17-15(11)21/h1,3,8,11,19H,2,4-7H2,(H,17,20,21). The van der Waals surface area contributed by atoms with Crippen molar-refractivity contribution in [3.63, 3.8) is 0 Å². The molecule has 1 fully saturated rings. The molecule has 0 radical (unpaired) electrons. The minimum Gasteiger partial charge on any atom is -0.486 e. The third-order valence-corrected chi connectivity index (χ3v) is 4.54. The lowest BCUT2D eigenvalue weighted by atomic mass is 10.0. The first-order valence-electron chi connectivity index (χ1n) is 7.79. The van der Waals surface area contributed by atoms with E-state index < -0.39 is 18.1 Å². The Bertz CT molecular complexity index is 746. The number of ether oxygens (including phenoxy) is 2. The van der Waals surface area contributed by atoms with E-state index in [2.05, 4.69) is 5.32 Å². The molecule has 0 saturated carbocycles. The molecule has 4 rings (SSSR count). The number of aliphatic hydroxyl groups is 1. The van der Waals surface area contributed by atoms with Crippen molar-refractivity contribution in [3.05, 3.63) is 23.3 Å². The van der Waals surface area contributed by atoms with Crippen molar-refractivity contribution in [3.8, 4) is 11.5 Å². The molecule has 0 aromatic heterocycles. The molecule has 3 amide bonds. The van der Waals surface area contributed by atoms with Crippen LogP contribution in [0.3, 0.4) is 0 Å². The Labute approximate surface area is 137 Å². The number of amides is 3. The molecule has 0 bridgehead atoms. The average molecular weight is 332 g/mol. The molecule has 0 aliphatic carbocycles. The molecule has 1 aromatic rings. The Morgan fingerprint density at radius 1 is 1.29 bits per heavy atom. The number of hydrogen-bond acceptors (Lipinski definition) is 6. The Balaban J connectivity index is 1.65. The normalized spacial score (nSPS) is 25.5. The predicted octanol–water partition coefficient (Wildman–Crippen LogP) is -0.420. The Morgan fingerprint density at radius 3 is 2.88 bits per heavy atom. The van der Waals surface area contributed by atoms with Gasteiger partial charge >= 0.3 is 0 Å². The highest BCUT2D eigenvalue weighted by Crippen LogP contribution is 2.42. The summed E-state index contributed by atoms with van der Waals surface area (Å²) >= 11 is 0. The molecule has 126 valence electrons. The quantitative estimate of drug-likeness (QED) is 0.713. The fourth-order valence-corrected chi connectivity index (χ4v) is 3.31. The Morgan fingerprint density at radius 2 is 2.12 bits per heavy atom. The highest BCUT2D eigenvalue weighted by Gasteiger charge is 2.41. The van der Waals surface area contributed by atoms with Crippen LogP contribution in [0.4, 0.5) is 0 Å². The van der Waals surface area contributed by atoms with Crippen LogP contribution < -0.4 is 14.8 Å². The molecule has 2 unspecified atom stereocenters. The Hall–Kier alpha value is -2.61. The number of carbonyl (C=O) groups is 3. The molecule has 0 spiro atoms. The minimum absolute atomic E-state index is 0.187.